The van der Waals surface area contributed by atoms with Crippen LogP contribution >= 0.6 is 23.2 Å². The molecule has 1 N–H and O–H groups in total. The second-order valence-electron chi connectivity index (χ2n) is 7.91. The molecule has 0 unspecified atom stereocenters. The molecular formula is C24H23Cl2FN2O3. The molecule has 3 aromatic rings. The smallest absolute Gasteiger partial charge is 0.325 e. The molecule has 32 heavy (non-hydrogen) atoms. The summed E-state index contributed by atoms with van der Waals surface area (Å²) in [6.45, 7) is 2.16. The fourth-order valence-corrected chi connectivity index (χ4v) is 4.70. The number of halogens is 3. The van der Waals surface area contributed by atoms with E-state index in [1.807, 2.05) is 4.57 Å². The zero-order valence-electron chi connectivity index (χ0n) is 17.6. The maximum absolute atomic E-state index is 14.0. The molecular weight excluding hydrogens is 454 g/mol. The van der Waals surface area contributed by atoms with Gasteiger partial charge in [-0.25, -0.2) is 4.39 Å². The molecule has 1 amide bonds. The normalized spacial score (nSPS) is 15.4. The number of hydrogen-bond acceptors (Lipinski definition) is 3. The van der Waals surface area contributed by atoms with Gasteiger partial charge in [-0.1, -0.05) is 29.3 Å². The lowest BCUT2D eigenvalue weighted by molar-refractivity contribution is -0.143. The highest BCUT2D eigenvalue weighted by Crippen LogP contribution is 2.33. The molecule has 8 heteroatoms. The first-order chi connectivity index (χ1) is 15.4. The molecule has 0 aliphatic heterocycles. The Labute approximate surface area is 195 Å². The summed E-state index contributed by atoms with van der Waals surface area (Å²) >= 11 is 12.0. The van der Waals surface area contributed by atoms with Gasteiger partial charge in [0.25, 0.3) is 0 Å². The van der Waals surface area contributed by atoms with Crippen molar-refractivity contribution in [3.05, 3.63) is 69.1 Å². The van der Waals surface area contributed by atoms with Crippen LogP contribution in [0.2, 0.25) is 10.0 Å². The summed E-state index contributed by atoms with van der Waals surface area (Å²) in [5, 5.41) is 4.71. The fraction of sp³-hybridized carbons (Fsp3) is 0.333. The summed E-state index contributed by atoms with van der Waals surface area (Å²) in [6, 6.07) is 9.64. The molecule has 1 aliphatic carbocycles. The first kappa shape index (κ1) is 22.6. The zero-order valence-corrected chi connectivity index (χ0v) is 19.1. The Bertz CT molecular complexity index is 1190. The second kappa shape index (κ2) is 9.51. The third-order valence-electron chi connectivity index (χ3n) is 5.74. The predicted octanol–water partition coefficient (Wildman–Crippen LogP) is 4.87. The molecule has 0 saturated heterocycles. The van der Waals surface area contributed by atoms with Crippen molar-refractivity contribution in [1.82, 2.24) is 9.88 Å². The third-order valence-corrected chi connectivity index (χ3v) is 6.47. The second-order valence-corrected chi connectivity index (χ2v) is 8.72. The number of aromatic nitrogens is 1. The lowest BCUT2D eigenvalue weighted by Crippen LogP contribution is -2.39. The number of amides is 1. The zero-order chi connectivity index (χ0) is 22.8. The topological polar surface area (TPSA) is 60.3 Å². The van der Waals surface area contributed by atoms with Crippen molar-refractivity contribution in [2.24, 2.45) is 0 Å². The summed E-state index contributed by atoms with van der Waals surface area (Å²) in [6.07, 6.45) is 2.15. The Morgan fingerprint density at radius 3 is 2.75 bits per heavy atom. The highest BCUT2D eigenvalue weighted by Gasteiger charge is 2.27. The number of nitrogens with zero attached hydrogens (tertiary/aromatic N) is 1. The van der Waals surface area contributed by atoms with E-state index in [1.54, 1.807) is 31.2 Å². The summed E-state index contributed by atoms with van der Waals surface area (Å²) in [4.78, 5) is 24.8. The van der Waals surface area contributed by atoms with Gasteiger partial charge >= 0.3 is 5.97 Å². The average Bonchev–Trinajstić information content (AvgIpc) is 3.03. The Morgan fingerprint density at radius 2 is 2.00 bits per heavy atom. The molecule has 4 rings (SSSR count). The van der Waals surface area contributed by atoms with E-state index in [4.69, 9.17) is 27.9 Å². The van der Waals surface area contributed by atoms with Gasteiger partial charge < -0.3 is 14.6 Å². The summed E-state index contributed by atoms with van der Waals surface area (Å²) < 4.78 is 21.0. The Hall–Kier alpha value is -2.57. The minimum absolute atomic E-state index is 0.0808. The van der Waals surface area contributed by atoms with E-state index in [0.717, 1.165) is 34.1 Å². The molecule has 168 valence electrons. The number of nitrogens with one attached hydrogen (secondary N) is 1. The third kappa shape index (κ3) is 4.76. The molecule has 1 atom stereocenters. The van der Waals surface area contributed by atoms with E-state index in [0.29, 0.717) is 29.5 Å². The van der Waals surface area contributed by atoms with Gasteiger partial charge in [-0.2, -0.15) is 0 Å². The van der Waals surface area contributed by atoms with E-state index in [9.17, 15) is 14.0 Å². The minimum Gasteiger partial charge on any atom is -0.465 e. The summed E-state index contributed by atoms with van der Waals surface area (Å²) in [5.41, 5.74) is 3.54. The molecule has 1 aromatic heterocycles. The van der Waals surface area contributed by atoms with Crippen LogP contribution in [0.3, 0.4) is 0 Å². The van der Waals surface area contributed by atoms with Crippen LogP contribution in [0.4, 0.5) is 4.39 Å². The van der Waals surface area contributed by atoms with E-state index >= 15 is 0 Å². The van der Waals surface area contributed by atoms with Gasteiger partial charge in [0.2, 0.25) is 5.91 Å². The van der Waals surface area contributed by atoms with Crippen LogP contribution in [-0.2, 0) is 40.1 Å². The van der Waals surface area contributed by atoms with Crippen molar-refractivity contribution >= 4 is 46.0 Å². The van der Waals surface area contributed by atoms with Crippen molar-refractivity contribution in [1.29, 1.82) is 0 Å². The molecule has 0 spiro atoms. The number of carbonyl (C=O) groups excluding carboxylic acids is 2. The maximum atomic E-state index is 14.0. The molecule has 0 saturated carbocycles. The highest BCUT2D eigenvalue weighted by atomic mass is 35.5. The lowest BCUT2D eigenvalue weighted by Gasteiger charge is -2.25. The van der Waals surface area contributed by atoms with Crippen LogP contribution in [0, 0.1) is 5.82 Å². The number of carbonyl (C=O) groups is 2. The highest BCUT2D eigenvalue weighted by molar-refractivity contribution is 6.42. The first-order valence-corrected chi connectivity index (χ1v) is 11.3. The number of rotatable bonds is 6. The fourth-order valence-electron chi connectivity index (χ4n) is 4.38. The van der Waals surface area contributed by atoms with Crippen LogP contribution in [-0.4, -0.2) is 29.1 Å². The molecule has 5 nitrogen and oxygen atoms in total. The van der Waals surface area contributed by atoms with Crippen LogP contribution < -0.4 is 5.32 Å². The number of benzene rings is 2. The van der Waals surface area contributed by atoms with E-state index in [-0.39, 0.29) is 36.7 Å². The van der Waals surface area contributed by atoms with Gasteiger partial charge in [0.05, 0.1) is 23.1 Å². The van der Waals surface area contributed by atoms with Gasteiger partial charge in [0, 0.05) is 22.6 Å². The monoisotopic (exact) mass is 476 g/mol. The predicted molar refractivity (Wildman–Crippen MR) is 123 cm³/mol. The summed E-state index contributed by atoms with van der Waals surface area (Å²) in [7, 11) is 0. The Balaban J connectivity index is 1.54. The van der Waals surface area contributed by atoms with Gasteiger partial charge in [-0.3, -0.25) is 9.59 Å². The van der Waals surface area contributed by atoms with Crippen molar-refractivity contribution in [3.63, 3.8) is 0 Å². The number of ether oxygens (including phenoxy) is 1. The van der Waals surface area contributed by atoms with E-state index < -0.39 is 0 Å². The number of fused-ring (bicyclic) bond motifs is 3. The maximum Gasteiger partial charge on any atom is 0.325 e. The quantitative estimate of drug-likeness (QED) is 0.516. The average molecular weight is 477 g/mol. The SMILES string of the molecule is CCOC(=O)Cn1c2c(c3cc(F)ccc31)C[C@H](NC(=O)Cc1ccc(Cl)c(Cl)c1)CC2. The molecule has 0 bridgehead atoms. The van der Waals surface area contributed by atoms with Crippen molar-refractivity contribution in [2.45, 2.75) is 45.2 Å². The Morgan fingerprint density at radius 1 is 1.19 bits per heavy atom. The molecule has 1 heterocycles. The van der Waals surface area contributed by atoms with Crippen molar-refractivity contribution < 1.29 is 18.7 Å². The van der Waals surface area contributed by atoms with Gasteiger partial charge in [0.1, 0.15) is 12.4 Å². The van der Waals surface area contributed by atoms with E-state index in [2.05, 4.69) is 5.32 Å². The largest absolute Gasteiger partial charge is 0.465 e. The van der Waals surface area contributed by atoms with Crippen LogP contribution in [0.25, 0.3) is 10.9 Å². The van der Waals surface area contributed by atoms with Crippen LogP contribution in [0.15, 0.2) is 36.4 Å². The number of hydrogen-bond donors (Lipinski definition) is 1. The number of esters is 1. The van der Waals surface area contributed by atoms with Crippen molar-refractivity contribution in [2.75, 3.05) is 6.61 Å². The first-order valence-electron chi connectivity index (χ1n) is 10.5. The van der Waals surface area contributed by atoms with E-state index in [1.165, 1.54) is 12.1 Å². The Kier molecular flexibility index (Phi) is 6.72. The van der Waals surface area contributed by atoms with Crippen LogP contribution in [0.1, 0.15) is 30.2 Å². The standard InChI is InChI=1S/C24H23Cl2FN2O3/c1-2-32-24(31)13-29-21-7-4-15(27)11-17(21)18-12-16(5-8-22(18)29)28-23(30)10-14-3-6-19(25)20(26)9-14/h3-4,6-7,9,11,16H,2,5,8,10,12-13H2,1H3,(H,28,30)/t16-/m1/s1. The van der Waals surface area contributed by atoms with Crippen molar-refractivity contribution in [3.8, 4) is 0 Å². The van der Waals surface area contributed by atoms with Crippen LogP contribution in [0.5, 0.6) is 0 Å². The molecule has 1 aliphatic rings. The molecule has 0 fully saturated rings. The molecule has 0 radical (unpaired) electrons. The molecule has 2 aromatic carbocycles. The minimum atomic E-state index is -0.334. The van der Waals surface area contributed by atoms with Gasteiger partial charge in [-0.15, -0.1) is 0 Å². The van der Waals surface area contributed by atoms with Gasteiger partial charge in [-0.05, 0) is 67.6 Å². The van der Waals surface area contributed by atoms with Gasteiger partial charge in [0.15, 0.2) is 0 Å². The summed E-state index contributed by atoms with van der Waals surface area (Å²) in [5.74, 6) is -0.772. The lowest BCUT2D eigenvalue weighted by atomic mass is 9.91.